The fourth-order valence-corrected chi connectivity index (χ4v) is 5.64. The molecule has 2 aliphatic heterocycles. The summed E-state index contributed by atoms with van der Waals surface area (Å²) in [4.78, 5) is 5.85. The Morgan fingerprint density at radius 2 is 1.52 bits per heavy atom. The smallest absolute Gasteiger partial charge is 0.207 e. The minimum Gasteiger partial charge on any atom is -0.484 e. The highest BCUT2D eigenvalue weighted by molar-refractivity contribution is 5.84. The minimum atomic E-state index is -2.17. The summed E-state index contributed by atoms with van der Waals surface area (Å²) in [6, 6.07) is 8.60. The van der Waals surface area contributed by atoms with Crippen molar-refractivity contribution in [2.24, 2.45) is 0 Å². The molecule has 2 bridgehead atoms. The Morgan fingerprint density at radius 1 is 0.909 bits per heavy atom. The van der Waals surface area contributed by atoms with Crippen molar-refractivity contribution in [2.75, 3.05) is 6.54 Å². The summed E-state index contributed by atoms with van der Waals surface area (Å²) in [6.45, 7) is 2.98. The number of aromatic amines is 1. The van der Waals surface area contributed by atoms with Gasteiger partial charge in [0.25, 0.3) is 0 Å². The van der Waals surface area contributed by atoms with Crippen LogP contribution in [0.2, 0.25) is 0 Å². The third kappa shape index (κ3) is 3.88. The number of rotatable bonds is 6. The molecule has 3 aromatic rings. The zero-order valence-electron chi connectivity index (χ0n) is 18.2. The van der Waals surface area contributed by atoms with Crippen LogP contribution in [-0.2, 0) is 6.42 Å². The Morgan fingerprint density at radius 3 is 2.18 bits per heavy atom. The molecule has 2 fully saturated rings. The van der Waals surface area contributed by atoms with Crippen molar-refractivity contribution in [3.63, 3.8) is 0 Å². The van der Waals surface area contributed by atoms with Crippen LogP contribution in [0.25, 0.3) is 10.9 Å². The highest BCUT2D eigenvalue weighted by Crippen LogP contribution is 2.39. The van der Waals surface area contributed by atoms with Gasteiger partial charge in [-0.1, -0.05) is 18.2 Å². The number of nitrogens with one attached hydrogen (secondary N) is 1. The normalized spacial score (nSPS) is 22.9. The van der Waals surface area contributed by atoms with Crippen molar-refractivity contribution in [2.45, 2.75) is 63.6 Å². The summed E-state index contributed by atoms with van der Waals surface area (Å²) in [5.41, 5.74) is 3.63. The first-order valence-electron chi connectivity index (χ1n) is 11.3. The number of hydrogen-bond donors (Lipinski definition) is 1. The second-order valence-electron chi connectivity index (χ2n) is 9.11. The molecule has 2 saturated heterocycles. The van der Waals surface area contributed by atoms with Gasteiger partial charge in [0.15, 0.2) is 5.75 Å². The lowest BCUT2D eigenvalue weighted by molar-refractivity contribution is 0.0434. The molecule has 3 atom stereocenters. The SMILES string of the molecule is Cc1[nH]c2ccccc2c1CCCN1[C@@H]2CC[C@H]1C[C@H](Oc1c(F)c(F)c(F)c(F)c1F)C2. The van der Waals surface area contributed by atoms with E-state index in [0.717, 1.165) is 37.7 Å². The zero-order valence-corrected chi connectivity index (χ0v) is 18.2. The maximum Gasteiger partial charge on any atom is 0.207 e. The van der Waals surface area contributed by atoms with Gasteiger partial charge >= 0.3 is 0 Å². The molecule has 0 spiro atoms. The van der Waals surface area contributed by atoms with E-state index in [0.29, 0.717) is 12.8 Å². The number of hydrogen-bond acceptors (Lipinski definition) is 2. The third-order valence-electron chi connectivity index (χ3n) is 7.17. The summed E-state index contributed by atoms with van der Waals surface area (Å²) in [7, 11) is 0. The van der Waals surface area contributed by atoms with Crippen molar-refractivity contribution in [1.29, 1.82) is 0 Å². The number of aromatic nitrogens is 1. The molecule has 2 aliphatic rings. The van der Waals surface area contributed by atoms with Gasteiger partial charge in [-0.25, -0.2) is 13.2 Å². The summed E-state index contributed by atoms with van der Waals surface area (Å²) >= 11 is 0. The van der Waals surface area contributed by atoms with E-state index >= 15 is 0 Å². The zero-order chi connectivity index (χ0) is 23.3. The van der Waals surface area contributed by atoms with Crippen molar-refractivity contribution in [3.05, 3.63) is 64.6 Å². The molecule has 1 N–H and O–H groups in total. The lowest BCUT2D eigenvalue weighted by Crippen LogP contribution is -2.46. The Bertz CT molecular complexity index is 1150. The van der Waals surface area contributed by atoms with Crippen molar-refractivity contribution >= 4 is 10.9 Å². The predicted octanol–water partition coefficient (Wildman–Crippen LogP) is 6.18. The molecule has 3 heterocycles. The first-order chi connectivity index (χ1) is 15.8. The average molecular weight is 464 g/mol. The molecule has 2 aromatic carbocycles. The Kier molecular flexibility index (Phi) is 5.80. The number of fused-ring (bicyclic) bond motifs is 3. The summed E-state index contributed by atoms with van der Waals surface area (Å²) < 4.78 is 73.8. The molecule has 0 amide bonds. The molecule has 8 heteroatoms. The second kappa shape index (κ2) is 8.63. The number of ether oxygens (including phenoxy) is 1. The van der Waals surface area contributed by atoms with Gasteiger partial charge < -0.3 is 9.72 Å². The Balaban J connectivity index is 1.23. The molecule has 0 unspecified atom stereocenters. The van der Waals surface area contributed by atoms with Crippen molar-refractivity contribution in [3.8, 4) is 5.75 Å². The molecule has 0 radical (unpaired) electrons. The first-order valence-corrected chi connectivity index (χ1v) is 11.3. The second-order valence-corrected chi connectivity index (χ2v) is 9.11. The molecule has 0 saturated carbocycles. The van der Waals surface area contributed by atoms with Gasteiger partial charge in [-0.05, 0) is 63.6 Å². The fourth-order valence-electron chi connectivity index (χ4n) is 5.64. The number of para-hydroxylation sites is 1. The molecule has 3 nitrogen and oxygen atoms in total. The van der Waals surface area contributed by atoms with Crippen LogP contribution in [0.5, 0.6) is 5.75 Å². The highest BCUT2D eigenvalue weighted by atomic mass is 19.2. The standard InChI is InChI=1S/C25H25F5N2O/c1-13-17(18-5-2-3-7-19(18)31-13)6-4-10-32-14-8-9-15(32)12-16(11-14)33-25-23(29)21(27)20(26)22(28)24(25)30/h2-3,5,7,14-16,31H,4,6,8-12H2,1H3/t14-,15+,16-. The van der Waals surface area contributed by atoms with Gasteiger partial charge in [0.05, 0.1) is 0 Å². The van der Waals surface area contributed by atoms with Crippen LogP contribution >= 0.6 is 0 Å². The number of piperidine rings is 1. The summed E-state index contributed by atoms with van der Waals surface area (Å²) in [5.74, 6) is -11.1. The Hall–Kier alpha value is -2.61. The van der Waals surface area contributed by atoms with Gasteiger partial charge in [-0.15, -0.1) is 0 Å². The van der Waals surface area contributed by atoms with Crippen LogP contribution in [0.15, 0.2) is 24.3 Å². The van der Waals surface area contributed by atoms with Gasteiger partial charge in [0.2, 0.25) is 29.1 Å². The van der Waals surface area contributed by atoms with E-state index in [1.54, 1.807) is 0 Å². The largest absolute Gasteiger partial charge is 0.484 e. The first kappa shape index (κ1) is 22.2. The summed E-state index contributed by atoms with van der Waals surface area (Å²) in [5, 5.41) is 1.24. The van der Waals surface area contributed by atoms with Crippen LogP contribution in [-0.4, -0.2) is 34.6 Å². The fraction of sp³-hybridized carbons (Fsp3) is 0.440. The quantitative estimate of drug-likeness (QED) is 0.268. The van der Waals surface area contributed by atoms with Crippen molar-refractivity contribution < 1.29 is 26.7 Å². The molecular formula is C25H25F5N2O. The van der Waals surface area contributed by atoms with Gasteiger partial charge in [0, 0.05) is 28.7 Å². The van der Waals surface area contributed by atoms with Gasteiger partial charge in [0.1, 0.15) is 6.10 Å². The third-order valence-corrected chi connectivity index (χ3v) is 7.17. The number of nitrogens with zero attached hydrogens (tertiary/aromatic N) is 1. The maximum atomic E-state index is 14.0. The molecule has 5 rings (SSSR count). The molecule has 33 heavy (non-hydrogen) atoms. The van der Waals surface area contributed by atoms with E-state index in [-0.39, 0.29) is 12.1 Å². The monoisotopic (exact) mass is 464 g/mol. The van der Waals surface area contributed by atoms with E-state index in [2.05, 4.69) is 28.9 Å². The number of H-pyrrole nitrogens is 1. The molecule has 0 aliphatic carbocycles. The average Bonchev–Trinajstić information content (AvgIpc) is 3.25. The van der Waals surface area contributed by atoms with E-state index in [4.69, 9.17) is 4.74 Å². The minimum absolute atomic E-state index is 0.180. The highest BCUT2D eigenvalue weighted by Gasteiger charge is 2.42. The number of halogens is 5. The summed E-state index contributed by atoms with van der Waals surface area (Å²) in [6.07, 6.45) is 4.21. The van der Waals surface area contributed by atoms with E-state index in [9.17, 15) is 22.0 Å². The van der Waals surface area contributed by atoms with Crippen LogP contribution in [0, 0.1) is 36.0 Å². The molecular weight excluding hydrogens is 439 g/mol. The van der Waals surface area contributed by atoms with Crippen LogP contribution in [0.4, 0.5) is 22.0 Å². The molecule has 1 aromatic heterocycles. The van der Waals surface area contributed by atoms with E-state index in [1.807, 2.05) is 12.1 Å². The number of benzene rings is 2. The maximum absolute atomic E-state index is 14.0. The van der Waals surface area contributed by atoms with Gasteiger partial charge in [-0.3, -0.25) is 4.90 Å². The van der Waals surface area contributed by atoms with E-state index in [1.165, 1.54) is 16.6 Å². The van der Waals surface area contributed by atoms with Crippen molar-refractivity contribution in [1.82, 2.24) is 9.88 Å². The van der Waals surface area contributed by atoms with Gasteiger partial charge in [-0.2, -0.15) is 8.78 Å². The number of aryl methyl sites for hydroxylation is 2. The topological polar surface area (TPSA) is 28.3 Å². The van der Waals surface area contributed by atoms with E-state index < -0.39 is 40.9 Å². The molecule has 176 valence electrons. The lowest BCUT2D eigenvalue weighted by atomic mass is 9.98. The lowest BCUT2D eigenvalue weighted by Gasteiger charge is -2.39. The van der Waals surface area contributed by atoms with Crippen LogP contribution < -0.4 is 4.74 Å². The van der Waals surface area contributed by atoms with Crippen LogP contribution in [0.1, 0.15) is 43.4 Å². The predicted molar refractivity (Wildman–Crippen MR) is 115 cm³/mol. The Labute approximate surface area is 188 Å². The van der Waals surface area contributed by atoms with Crippen LogP contribution in [0.3, 0.4) is 0 Å².